The number of rotatable bonds is 10. The Kier molecular flexibility index (Phi) is 7.57. The largest absolute Gasteiger partial charge is 0.388 e. The predicted octanol–water partition coefficient (Wildman–Crippen LogP) is 3.66. The van der Waals surface area contributed by atoms with E-state index in [0.717, 1.165) is 59.6 Å². The van der Waals surface area contributed by atoms with Gasteiger partial charge in [-0.05, 0) is 91.0 Å². The van der Waals surface area contributed by atoms with Crippen LogP contribution in [0.1, 0.15) is 70.2 Å². The summed E-state index contributed by atoms with van der Waals surface area (Å²) in [4.78, 5) is 19.7. The average molecular weight is 577 g/mol. The summed E-state index contributed by atoms with van der Waals surface area (Å²) < 4.78 is 0. The van der Waals surface area contributed by atoms with Crippen LogP contribution >= 0.6 is 0 Å². The molecule has 2 aliphatic carbocycles. The van der Waals surface area contributed by atoms with Crippen LogP contribution < -0.4 is 16.0 Å². The highest BCUT2D eigenvalue weighted by Crippen LogP contribution is 2.49. The minimum Gasteiger partial charge on any atom is -0.388 e. The molecule has 5 atom stereocenters. The Labute approximate surface area is 253 Å². The van der Waals surface area contributed by atoms with Gasteiger partial charge in [0.05, 0.1) is 11.5 Å². The van der Waals surface area contributed by atoms with Crippen molar-refractivity contribution in [2.24, 2.45) is 5.92 Å². The van der Waals surface area contributed by atoms with Crippen LogP contribution in [0.3, 0.4) is 0 Å². The number of benzene rings is 2. The summed E-state index contributed by atoms with van der Waals surface area (Å²) in [7, 11) is 3.54. The highest BCUT2D eigenvalue weighted by Gasteiger charge is 2.52. The van der Waals surface area contributed by atoms with Crippen molar-refractivity contribution in [3.63, 3.8) is 0 Å². The summed E-state index contributed by atoms with van der Waals surface area (Å²) in [6.07, 6.45) is 5.96. The van der Waals surface area contributed by atoms with E-state index in [-0.39, 0.29) is 18.0 Å². The van der Waals surface area contributed by atoms with Crippen molar-refractivity contribution in [2.45, 2.75) is 62.6 Å². The highest BCUT2D eigenvalue weighted by atomic mass is 16.1. The third-order valence-corrected chi connectivity index (χ3v) is 9.64. The minimum atomic E-state index is -0.656. The van der Waals surface area contributed by atoms with E-state index in [1.807, 2.05) is 19.2 Å². The molecule has 2 aromatic carbocycles. The van der Waals surface area contributed by atoms with Crippen molar-refractivity contribution in [1.82, 2.24) is 36.0 Å². The molecule has 1 aliphatic heterocycles. The fourth-order valence-corrected chi connectivity index (χ4v) is 7.39. The van der Waals surface area contributed by atoms with Gasteiger partial charge in [-0.25, -0.2) is 4.98 Å². The zero-order valence-corrected chi connectivity index (χ0v) is 25.2. The molecule has 2 heterocycles. The second kappa shape index (κ2) is 11.3. The lowest BCUT2D eigenvalue weighted by Crippen LogP contribution is -2.42. The van der Waals surface area contributed by atoms with Crippen molar-refractivity contribution in [3.8, 4) is 6.07 Å². The zero-order chi connectivity index (χ0) is 30.3. The van der Waals surface area contributed by atoms with Gasteiger partial charge < -0.3 is 20.9 Å². The molecule has 1 amide bonds. The van der Waals surface area contributed by atoms with E-state index >= 15 is 0 Å². The van der Waals surface area contributed by atoms with Crippen LogP contribution in [0.25, 0.3) is 5.70 Å². The first-order valence-electron chi connectivity index (χ1n) is 15.1. The van der Waals surface area contributed by atoms with Crippen LogP contribution in [-0.2, 0) is 18.3 Å². The molecule has 1 aromatic heterocycles. The Morgan fingerprint density at radius 2 is 1.81 bits per heavy atom. The molecule has 1 saturated heterocycles. The molecular formula is C34H40N8O. The molecule has 43 heavy (non-hydrogen) atoms. The normalized spacial score (nSPS) is 24.0. The maximum Gasteiger partial charge on any atom is 0.251 e. The first-order chi connectivity index (χ1) is 20.8. The molecule has 9 heteroatoms. The molecule has 0 bridgehead atoms. The lowest BCUT2D eigenvalue weighted by atomic mass is 9.67. The number of aryl methyl sites for hydroxylation is 2. The number of hydrogen-bond donors (Lipinski definition) is 4. The van der Waals surface area contributed by atoms with E-state index in [0.29, 0.717) is 30.5 Å². The Bertz CT molecular complexity index is 1540. The number of nitriles is 1. The van der Waals surface area contributed by atoms with Gasteiger partial charge in [0.25, 0.3) is 5.91 Å². The van der Waals surface area contributed by atoms with Gasteiger partial charge >= 0.3 is 0 Å². The standard InChI is InChI=1S/C34H40N8O/c1-20(38-18-21(2)42-28(17-35)14-27-15-31(27)42)16-34(33-39-19-40-41-33)29-10-8-23(22(3)36-4)12-24(29)6-7-25-13-26(32(43)37-5)9-11-30(25)34/h8-13,19-20,27-28,31,36,38H,2-3,6-7,14-16,18H2,1,4-5H3,(H,37,43)(H,39,40,41)/t20-,27-,28?,31+,34?/m1/s1. The number of amides is 1. The number of piperidine rings is 1. The van der Waals surface area contributed by atoms with E-state index in [1.165, 1.54) is 11.1 Å². The van der Waals surface area contributed by atoms with Gasteiger partial charge in [-0.2, -0.15) is 10.4 Å². The Morgan fingerprint density at radius 1 is 1.12 bits per heavy atom. The molecule has 9 nitrogen and oxygen atoms in total. The zero-order valence-electron chi connectivity index (χ0n) is 25.2. The fourth-order valence-electron chi connectivity index (χ4n) is 7.39. The number of H-pyrrole nitrogens is 1. The molecule has 4 N–H and O–H groups in total. The van der Waals surface area contributed by atoms with Crippen LogP contribution in [0.15, 0.2) is 61.6 Å². The third kappa shape index (κ3) is 5.00. The summed E-state index contributed by atoms with van der Waals surface area (Å²) in [5.41, 5.74) is 7.49. The van der Waals surface area contributed by atoms with E-state index in [1.54, 1.807) is 13.4 Å². The van der Waals surface area contributed by atoms with Crippen molar-refractivity contribution in [2.75, 3.05) is 20.6 Å². The molecule has 3 aromatic rings. The molecule has 222 valence electrons. The number of fused-ring (bicyclic) bond motifs is 3. The van der Waals surface area contributed by atoms with Gasteiger partial charge in [0, 0.05) is 49.7 Å². The topological polar surface area (TPSA) is 122 Å². The number of nitrogens with one attached hydrogen (secondary N) is 4. The fraction of sp³-hybridized carbons (Fsp3) is 0.412. The SMILES string of the molecule is C=C(NC)c1ccc2c(c1)CCc1cc(C(=O)NC)ccc1C2(C[C@@H](C)NCC(=C)N1C(C#N)C[C@@H]2C[C@@H]21)c1ncn[nH]1. The maximum atomic E-state index is 12.7. The molecule has 0 radical (unpaired) electrons. The van der Waals surface area contributed by atoms with Crippen LogP contribution in [0.4, 0.5) is 0 Å². The van der Waals surface area contributed by atoms with Crippen molar-refractivity contribution in [1.29, 1.82) is 5.26 Å². The van der Waals surface area contributed by atoms with Crippen molar-refractivity contribution in [3.05, 3.63) is 101 Å². The van der Waals surface area contributed by atoms with Gasteiger partial charge in [0.15, 0.2) is 0 Å². The van der Waals surface area contributed by atoms with Crippen LogP contribution in [-0.4, -0.2) is 64.8 Å². The molecule has 3 aliphatic rings. The lowest BCUT2D eigenvalue weighted by Gasteiger charge is -2.37. The van der Waals surface area contributed by atoms with Crippen molar-refractivity contribution >= 4 is 11.6 Å². The second-order valence-electron chi connectivity index (χ2n) is 12.2. The average Bonchev–Trinajstić information content (AvgIpc) is 3.41. The predicted molar refractivity (Wildman–Crippen MR) is 167 cm³/mol. The quantitative estimate of drug-likeness (QED) is 0.291. The highest BCUT2D eigenvalue weighted by molar-refractivity contribution is 5.94. The van der Waals surface area contributed by atoms with Gasteiger partial charge in [-0.3, -0.25) is 9.89 Å². The monoisotopic (exact) mass is 576 g/mol. The van der Waals surface area contributed by atoms with Gasteiger partial charge in [0.1, 0.15) is 18.2 Å². The first kappa shape index (κ1) is 28.7. The van der Waals surface area contributed by atoms with Gasteiger partial charge in [-0.1, -0.05) is 31.4 Å². The summed E-state index contributed by atoms with van der Waals surface area (Å²) in [5, 5.41) is 26.9. The van der Waals surface area contributed by atoms with E-state index in [2.05, 4.69) is 81.5 Å². The number of hydrogen-bond acceptors (Lipinski definition) is 7. The third-order valence-electron chi connectivity index (χ3n) is 9.64. The summed E-state index contributed by atoms with van der Waals surface area (Å²) in [6, 6.07) is 15.5. The maximum absolute atomic E-state index is 12.7. The first-order valence-corrected chi connectivity index (χ1v) is 15.1. The summed E-state index contributed by atoms with van der Waals surface area (Å²) in [5.74, 6) is 1.30. The summed E-state index contributed by atoms with van der Waals surface area (Å²) in [6.45, 7) is 11.4. The molecular weight excluding hydrogens is 536 g/mol. The Balaban J connectivity index is 1.41. The van der Waals surface area contributed by atoms with E-state index in [9.17, 15) is 10.1 Å². The van der Waals surface area contributed by atoms with Gasteiger partial charge in [0.2, 0.25) is 0 Å². The second-order valence-corrected chi connectivity index (χ2v) is 12.2. The number of aromatic amines is 1. The molecule has 2 unspecified atom stereocenters. The number of carbonyl (C=O) groups excluding carboxylic acids is 1. The van der Waals surface area contributed by atoms with Gasteiger partial charge in [-0.15, -0.1) is 0 Å². The van der Waals surface area contributed by atoms with E-state index < -0.39 is 5.41 Å². The van der Waals surface area contributed by atoms with E-state index in [4.69, 9.17) is 4.98 Å². The van der Waals surface area contributed by atoms with Crippen LogP contribution in [0.2, 0.25) is 0 Å². The molecule has 0 spiro atoms. The lowest BCUT2D eigenvalue weighted by molar-refractivity contribution is 0.0963. The van der Waals surface area contributed by atoms with Crippen LogP contribution in [0.5, 0.6) is 0 Å². The Hall–Kier alpha value is -4.42. The molecule has 2 fully saturated rings. The summed E-state index contributed by atoms with van der Waals surface area (Å²) >= 11 is 0. The number of aromatic nitrogens is 3. The Morgan fingerprint density at radius 3 is 2.44 bits per heavy atom. The van der Waals surface area contributed by atoms with Crippen molar-refractivity contribution < 1.29 is 4.79 Å². The number of likely N-dealkylation sites (tertiary alicyclic amines) is 1. The number of carbonyl (C=O) groups is 1. The van der Waals surface area contributed by atoms with Crippen LogP contribution in [0, 0.1) is 17.2 Å². The molecule has 6 rings (SSSR count). The number of nitrogens with zero attached hydrogens (tertiary/aromatic N) is 4. The molecule has 1 saturated carbocycles. The smallest absolute Gasteiger partial charge is 0.251 e. The minimum absolute atomic E-state index is 0.0457.